The number of ether oxygens (including phenoxy) is 2. The van der Waals surface area contributed by atoms with Crippen molar-refractivity contribution in [2.24, 2.45) is 0 Å². The minimum absolute atomic E-state index is 0.0483. The Morgan fingerprint density at radius 3 is 2.22 bits per heavy atom. The molecule has 0 radical (unpaired) electrons. The highest BCUT2D eigenvalue weighted by Crippen LogP contribution is 2.23. The van der Waals surface area contributed by atoms with Crippen molar-refractivity contribution in [1.82, 2.24) is 14.7 Å². The van der Waals surface area contributed by atoms with Crippen molar-refractivity contribution >= 4 is 12.0 Å². The SMILES string of the molecule is COC(=O)N(C)CC(=O)N1CCN(Cc2ccc(OC(F)(F)F)cc2)CC1. The van der Waals surface area contributed by atoms with Gasteiger partial charge >= 0.3 is 12.5 Å². The van der Waals surface area contributed by atoms with Crippen molar-refractivity contribution in [3.05, 3.63) is 29.8 Å². The first-order chi connectivity index (χ1) is 12.7. The number of alkyl halides is 3. The fourth-order valence-electron chi connectivity index (χ4n) is 2.73. The second-order valence-electron chi connectivity index (χ2n) is 6.17. The predicted octanol–water partition coefficient (Wildman–Crippen LogP) is 1.93. The number of carbonyl (C=O) groups excluding carboxylic acids is 2. The number of likely N-dealkylation sites (N-methyl/N-ethyl adjacent to an activating group) is 1. The van der Waals surface area contributed by atoms with Crippen LogP contribution in [0.4, 0.5) is 18.0 Å². The molecule has 1 aromatic carbocycles. The lowest BCUT2D eigenvalue weighted by Crippen LogP contribution is -2.51. The third-order valence-electron chi connectivity index (χ3n) is 4.15. The van der Waals surface area contributed by atoms with Crippen LogP contribution in [0.1, 0.15) is 5.56 Å². The third kappa shape index (κ3) is 6.63. The van der Waals surface area contributed by atoms with Crippen molar-refractivity contribution < 1.29 is 32.2 Å². The van der Waals surface area contributed by atoms with E-state index < -0.39 is 12.5 Å². The second-order valence-corrected chi connectivity index (χ2v) is 6.17. The molecule has 10 heteroatoms. The molecule has 1 saturated heterocycles. The lowest BCUT2D eigenvalue weighted by atomic mass is 10.2. The van der Waals surface area contributed by atoms with Crippen LogP contribution in [0.3, 0.4) is 0 Å². The first kappa shape index (κ1) is 20.8. The summed E-state index contributed by atoms with van der Waals surface area (Å²) in [6.45, 7) is 2.82. The molecule has 1 aliphatic rings. The molecule has 0 bridgehead atoms. The molecule has 0 atom stereocenters. The molecule has 150 valence electrons. The van der Waals surface area contributed by atoms with Gasteiger partial charge < -0.3 is 19.3 Å². The zero-order valence-corrected chi connectivity index (χ0v) is 15.2. The fourth-order valence-corrected chi connectivity index (χ4v) is 2.73. The second kappa shape index (κ2) is 8.94. The molecule has 1 heterocycles. The van der Waals surface area contributed by atoms with Gasteiger partial charge in [-0.2, -0.15) is 0 Å². The van der Waals surface area contributed by atoms with Gasteiger partial charge in [-0.25, -0.2) is 4.79 Å². The van der Waals surface area contributed by atoms with Crippen molar-refractivity contribution in [1.29, 1.82) is 0 Å². The molecule has 0 spiro atoms. The Balaban J connectivity index is 1.79. The highest BCUT2D eigenvalue weighted by atomic mass is 19.4. The Labute approximate surface area is 155 Å². The van der Waals surface area contributed by atoms with E-state index in [1.165, 1.54) is 31.2 Å². The topological polar surface area (TPSA) is 62.3 Å². The van der Waals surface area contributed by atoms with E-state index in [-0.39, 0.29) is 18.2 Å². The fraction of sp³-hybridized carbons (Fsp3) is 0.529. The van der Waals surface area contributed by atoms with Crippen LogP contribution in [-0.2, 0) is 16.1 Å². The molecule has 27 heavy (non-hydrogen) atoms. The molecule has 1 fully saturated rings. The number of rotatable bonds is 5. The maximum Gasteiger partial charge on any atom is 0.573 e. The van der Waals surface area contributed by atoms with Crippen LogP contribution in [0, 0.1) is 0 Å². The van der Waals surface area contributed by atoms with Crippen LogP contribution in [-0.4, -0.2) is 79.9 Å². The number of methoxy groups -OCH3 is 1. The zero-order chi connectivity index (χ0) is 20.0. The van der Waals surface area contributed by atoms with Gasteiger partial charge in [0, 0.05) is 39.8 Å². The summed E-state index contributed by atoms with van der Waals surface area (Å²) in [5.74, 6) is -0.410. The van der Waals surface area contributed by atoms with Crippen molar-refractivity contribution in [3.63, 3.8) is 0 Å². The molecule has 0 aliphatic carbocycles. The third-order valence-corrected chi connectivity index (χ3v) is 4.15. The number of benzene rings is 1. The van der Waals surface area contributed by atoms with E-state index in [0.29, 0.717) is 32.7 Å². The first-order valence-electron chi connectivity index (χ1n) is 8.32. The van der Waals surface area contributed by atoms with E-state index in [1.807, 2.05) is 0 Å². The largest absolute Gasteiger partial charge is 0.573 e. The van der Waals surface area contributed by atoms with Gasteiger partial charge in [0.05, 0.1) is 7.11 Å². The monoisotopic (exact) mass is 389 g/mol. The molecule has 2 amide bonds. The maximum absolute atomic E-state index is 12.2. The van der Waals surface area contributed by atoms with Gasteiger partial charge in [-0.15, -0.1) is 13.2 Å². The van der Waals surface area contributed by atoms with Crippen molar-refractivity contribution in [2.45, 2.75) is 12.9 Å². The van der Waals surface area contributed by atoms with E-state index in [0.717, 1.165) is 5.56 Å². The minimum atomic E-state index is -4.70. The molecule has 1 aliphatic heterocycles. The number of hydrogen-bond acceptors (Lipinski definition) is 5. The highest BCUT2D eigenvalue weighted by molar-refractivity contribution is 5.82. The average Bonchev–Trinajstić information content (AvgIpc) is 2.62. The van der Waals surface area contributed by atoms with E-state index in [2.05, 4.69) is 14.4 Å². The van der Waals surface area contributed by atoms with Crippen LogP contribution < -0.4 is 4.74 Å². The summed E-state index contributed by atoms with van der Waals surface area (Å²) in [4.78, 5) is 28.5. The van der Waals surface area contributed by atoms with Gasteiger partial charge in [0.15, 0.2) is 0 Å². The number of hydrogen-bond donors (Lipinski definition) is 0. The normalized spacial score (nSPS) is 15.4. The summed E-state index contributed by atoms with van der Waals surface area (Å²) in [7, 11) is 2.75. The number of carbonyl (C=O) groups is 2. The molecule has 0 N–H and O–H groups in total. The Morgan fingerprint density at radius 2 is 1.70 bits per heavy atom. The smallest absolute Gasteiger partial charge is 0.453 e. The number of halogens is 3. The number of piperazine rings is 1. The first-order valence-corrected chi connectivity index (χ1v) is 8.32. The molecule has 0 saturated carbocycles. The van der Waals surface area contributed by atoms with E-state index in [1.54, 1.807) is 17.0 Å². The summed E-state index contributed by atoms with van der Waals surface area (Å²) in [6, 6.07) is 5.74. The summed E-state index contributed by atoms with van der Waals surface area (Å²) in [5.41, 5.74) is 0.856. The molecule has 2 rings (SSSR count). The lowest BCUT2D eigenvalue weighted by Gasteiger charge is -2.35. The van der Waals surface area contributed by atoms with Gasteiger partial charge in [0.25, 0.3) is 0 Å². The average molecular weight is 389 g/mol. The Kier molecular flexibility index (Phi) is 6.89. The van der Waals surface area contributed by atoms with Crippen LogP contribution in [0.2, 0.25) is 0 Å². The molecular weight excluding hydrogens is 367 g/mol. The summed E-state index contributed by atoms with van der Waals surface area (Å²) < 4.78 is 44.9. The molecular formula is C17H22F3N3O4. The summed E-state index contributed by atoms with van der Waals surface area (Å²) in [6.07, 6.45) is -5.27. The van der Waals surface area contributed by atoms with Gasteiger partial charge in [0.2, 0.25) is 5.91 Å². The minimum Gasteiger partial charge on any atom is -0.453 e. The standard InChI is InChI=1S/C17H22F3N3O4/c1-21(16(25)26-2)12-15(24)23-9-7-22(8-10-23)11-13-3-5-14(6-4-13)27-17(18,19)20/h3-6H,7-12H2,1-2H3. The Hall–Kier alpha value is -2.49. The zero-order valence-electron chi connectivity index (χ0n) is 15.2. The van der Waals surface area contributed by atoms with E-state index >= 15 is 0 Å². The van der Waals surface area contributed by atoms with Crippen molar-refractivity contribution in [3.8, 4) is 5.75 Å². The van der Waals surface area contributed by atoms with Crippen LogP contribution >= 0.6 is 0 Å². The molecule has 7 nitrogen and oxygen atoms in total. The summed E-state index contributed by atoms with van der Waals surface area (Å²) >= 11 is 0. The number of amides is 2. The van der Waals surface area contributed by atoms with E-state index in [4.69, 9.17) is 0 Å². The number of nitrogens with zero attached hydrogens (tertiary/aromatic N) is 3. The Bertz CT molecular complexity index is 644. The Morgan fingerprint density at radius 1 is 1.11 bits per heavy atom. The predicted molar refractivity (Wildman–Crippen MR) is 90.0 cm³/mol. The van der Waals surface area contributed by atoms with Gasteiger partial charge in [-0.05, 0) is 17.7 Å². The molecule has 0 unspecified atom stereocenters. The lowest BCUT2D eigenvalue weighted by molar-refractivity contribution is -0.274. The molecule has 0 aromatic heterocycles. The van der Waals surface area contributed by atoms with Gasteiger partial charge in [-0.1, -0.05) is 12.1 Å². The van der Waals surface area contributed by atoms with Gasteiger partial charge in [-0.3, -0.25) is 9.69 Å². The van der Waals surface area contributed by atoms with Gasteiger partial charge in [0.1, 0.15) is 12.3 Å². The highest BCUT2D eigenvalue weighted by Gasteiger charge is 2.31. The van der Waals surface area contributed by atoms with Crippen molar-refractivity contribution in [2.75, 3.05) is 46.9 Å². The van der Waals surface area contributed by atoms with E-state index in [9.17, 15) is 22.8 Å². The maximum atomic E-state index is 12.2. The molecule has 1 aromatic rings. The quantitative estimate of drug-likeness (QED) is 0.770. The van der Waals surface area contributed by atoms with Crippen LogP contribution in [0.15, 0.2) is 24.3 Å². The van der Waals surface area contributed by atoms with Crippen LogP contribution in [0.25, 0.3) is 0 Å². The van der Waals surface area contributed by atoms with Crippen LogP contribution in [0.5, 0.6) is 5.75 Å². The summed E-state index contributed by atoms with van der Waals surface area (Å²) in [5, 5.41) is 0.